The zero-order valence-corrected chi connectivity index (χ0v) is 15.2. The molecule has 1 saturated heterocycles. The number of hydrogen-bond acceptors (Lipinski definition) is 5. The minimum atomic E-state index is -4.26. The van der Waals surface area contributed by atoms with E-state index in [1.165, 1.54) is 11.0 Å². The molecule has 0 spiro atoms. The SMILES string of the molecule is O=C1CN(c2c(O)cc3c(c2F)CN(C(=O)NCC2CC2)CC3)S(=O)(=O)N1. The van der Waals surface area contributed by atoms with Crippen molar-refractivity contribution >= 4 is 27.8 Å². The lowest BCUT2D eigenvalue weighted by molar-refractivity contribution is -0.117. The maximum atomic E-state index is 15.1. The topological polar surface area (TPSA) is 119 Å². The summed E-state index contributed by atoms with van der Waals surface area (Å²) in [6.45, 7) is 0.298. The smallest absolute Gasteiger partial charge is 0.326 e. The Kier molecular flexibility index (Phi) is 4.13. The molecule has 3 aliphatic rings. The Bertz CT molecular complexity index is 931. The predicted octanol–water partition coefficient (Wildman–Crippen LogP) is 0.190. The summed E-state index contributed by atoms with van der Waals surface area (Å²) in [4.78, 5) is 25.2. The number of halogens is 1. The minimum absolute atomic E-state index is 0.0415. The van der Waals surface area contributed by atoms with Gasteiger partial charge in [-0.05, 0) is 36.8 Å². The van der Waals surface area contributed by atoms with Crippen LogP contribution in [0.3, 0.4) is 0 Å². The summed E-state index contributed by atoms with van der Waals surface area (Å²) in [6, 6.07) is 0.998. The standard InChI is InChI=1S/C16H19FN4O5S/c17-14-11-7-20(16(24)18-6-9-1-2-9)4-3-10(11)5-12(22)15(14)21-8-13(23)19-27(21,25)26/h5,9,22H,1-4,6-8H2,(H,18,24)(H,19,23). The minimum Gasteiger partial charge on any atom is -0.506 e. The number of anilines is 1. The van der Waals surface area contributed by atoms with E-state index in [1.54, 1.807) is 4.72 Å². The summed E-state index contributed by atoms with van der Waals surface area (Å²) in [7, 11) is -4.26. The number of nitrogens with zero attached hydrogens (tertiary/aromatic N) is 2. The highest BCUT2D eigenvalue weighted by Gasteiger charge is 2.39. The summed E-state index contributed by atoms with van der Waals surface area (Å²) >= 11 is 0. The van der Waals surface area contributed by atoms with Gasteiger partial charge >= 0.3 is 16.2 Å². The van der Waals surface area contributed by atoms with Gasteiger partial charge in [0.05, 0.1) is 6.54 Å². The predicted molar refractivity (Wildman–Crippen MR) is 92.7 cm³/mol. The molecule has 9 nitrogen and oxygen atoms in total. The van der Waals surface area contributed by atoms with E-state index in [9.17, 15) is 23.1 Å². The normalized spacial score (nSPS) is 21.0. The highest BCUT2D eigenvalue weighted by molar-refractivity contribution is 7.92. The monoisotopic (exact) mass is 398 g/mol. The van der Waals surface area contributed by atoms with Crippen molar-refractivity contribution in [2.45, 2.75) is 25.8 Å². The first kappa shape index (κ1) is 17.8. The first-order chi connectivity index (χ1) is 12.8. The average Bonchev–Trinajstić information content (AvgIpc) is 3.38. The van der Waals surface area contributed by atoms with Crippen LogP contribution >= 0.6 is 0 Å². The molecule has 0 bridgehead atoms. The molecule has 11 heteroatoms. The maximum Gasteiger partial charge on any atom is 0.326 e. The third kappa shape index (κ3) is 3.27. The highest BCUT2D eigenvalue weighted by Crippen LogP contribution is 2.39. The van der Waals surface area contributed by atoms with Crippen molar-refractivity contribution in [3.8, 4) is 5.75 Å². The molecule has 146 valence electrons. The number of nitrogens with one attached hydrogen (secondary N) is 2. The van der Waals surface area contributed by atoms with Gasteiger partial charge in [0, 0.05) is 18.7 Å². The van der Waals surface area contributed by atoms with Crippen LogP contribution in [0, 0.1) is 11.7 Å². The van der Waals surface area contributed by atoms with Crippen LogP contribution in [0.5, 0.6) is 5.75 Å². The number of urea groups is 1. The molecule has 2 fully saturated rings. The number of phenols is 1. The van der Waals surface area contributed by atoms with E-state index in [1.807, 2.05) is 0 Å². The quantitative estimate of drug-likeness (QED) is 0.672. The molecule has 1 aromatic rings. The summed E-state index contributed by atoms with van der Waals surface area (Å²) in [6.07, 6.45) is 2.52. The Morgan fingerprint density at radius 2 is 2.11 bits per heavy atom. The Morgan fingerprint density at radius 3 is 2.74 bits per heavy atom. The molecule has 1 aliphatic carbocycles. The zero-order valence-electron chi connectivity index (χ0n) is 14.4. The fourth-order valence-corrected chi connectivity index (χ4v) is 4.52. The molecule has 1 aromatic carbocycles. The van der Waals surface area contributed by atoms with E-state index in [2.05, 4.69) is 5.32 Å². The van der Waals surface area contributed by atoms with Crippen LogP contribution in [-0.4, -0.2) is 50.0 Å². The van der Waals surface area contributed by atoms with Gasteiger partial charge in [-0.15, -0.1) is 0 Å². The Labute approximate surface area is 155 Å². The summed E-state index contributed by atoms with van der Waals surface area (Å²) in [5, 5.41) is 13.0. The van der Waals surface area contributed by atoms with E-state index in [0.29, 0.717) is 35.3 Å². The van der Waals surface area contributed by atoms with Crippen LogP contribution in [0.4, 0.5) is 14.9 Å². The number of carbonyl (C=O) groups excluding carboxylic acids is 2. The first-order valence-corrected chi connectivity index (χ1v) is 10.1. The van der Waals surface area contributed by atoms with Gasteiger partial charge in [-0.1, -0.05) is 0 Å². The molecule has 3 N–H and O–H groups in total. The zero-order chi connectivity index (χ0) is 19.3. The van der Waals surface area contributed by atoms with Gasteiger partial charge in [0.25, 0.3) is 5.91 Å². The second-order valence-corrected chi connectivity index (χ2v) is 8.63. The van der Waals surface area contributed by atoms with Crippen molar-refractivity contribution in [3.05, 3.63) is 23.0 Å². The van der Waals surface area contributed by atoms with Crippen LogP contribution in [-0.2, 0) is 28.0 Å². The fourth-order valence-electron chi connectivity index (χ4n) is 3.36. The number of fused-ring (bicyclic) bond motifs is 1. The van der Waals surface area contributed by atoms with Gasteiger partial charge in [0.1, 0.15) is 18.0 Å². The number of phenolic OH excluding ortho intramolecular Hbond substituents is 1. The molecule has 0 aromatic heterocycles. The molecule has 3 amide bonds. The molecule has 1 saturated carbocycles. The number of aromatic hydroxyl groups is 1. The van der Waals surface area contributed by atoms with E-state index >= 15 is 4.39 Å². The van der Waals surface area contributed by atoms with Crippen LogP contribution in [0.25, 0.3) is 0 Å². The van der Waals surface area contributed by atoms with Crippen LogP contribution < -0.4 is 14.3 Å². The van der Waals surface area contributed by atoms with Gasteiger partial charge in [-0.25, -0.2) is 18.2 Å². The Morgan fingerprint density at radius 1 is 1.37 bits per heavy atom. The average molecular weight is 398 g/mol. The molecule has 4 rings (SSSR count). The van der Waals surface area contributed by atoms with Gasteiger partial charge in [-0.3, -0.25) is 4.79 Å². The van der Waals surface area contributed by atoms with Crippen molar-refractivity contribution in [1.29, 1.82) is 0 Å². The number of carbonyl (C=O) groups is 2. The third-order valence-electron chi connectivity index (χ3n) is 5.01. The Balaban J connectivity index is 1.63. The first-order valence-electron chi connectivity index (χ1n) is 8.65. The number of hydrogen-bond donors (Lipinski definition) is 3. The molecule has 0 radical (unpaired) electrons. The molecule has 27 heavy (non-hydrogen) atoms. The lowest BCUT2D eigenvalue weighted by Crippen LogP contribution is -2.43. The Hall–Kier alpha value is -2.56. The number of rotatable bonds is 3. The largest absolute Gasteiger partial charge is 0.506 e. The lowest BCUT2D eigenvalue weighted by Gasteiger charge is -2.30. The number of benzene rings is 1. The summed E-state index contributed by atoms with van der Waals surface area (Å²) < 4.78 is 41.4. The van der Waals surface area contributed by atoms with Gasteiger partial charge in [-0.2, -0.15) is 8.42 Å². The molecular formula is C16H19FN4O5S. The fraction of sp³-hybridized carbons (Fsp3) is 0.500. The van der Waals surface area contributed by atoms with Crippen molar-refractivity contribution in [1.82, 2.24) is 14.9 Å². The lowest BCUT2D eigenvalue weighted by atomic mass is 9.97. The number of amides is 3. The summed E-state index contributed by atoms with van der Waals surface area (Å²) in [5.74, 6) is -1.80. The van der Waals surface area contributed by atoms with Gasteiger partial charge in [0.2, 0.25) is 0 Å². The molecule has 2 heterocycles. The second-order valence-electron chi connectivity index (χ2n) is 7.03. The molecule has 0 unspecified atom stereocenters. The van der Waals surface area contributed by atoms with Crippen molar-refractivity contribution < 1.29 is 27.5 Å². The molecule has 0 atom stereocenters. The summed E-state index contributed by atoms with van der Waals surface area (Å²) in [5.41, 5.74) is 0.0772. The van der Waals surface area contributed by atoms with Crippen molar-refractivity contribution in [2.75, 3.05) is 23.9 Å². The molecular weight excluding hydrogens is 379 g/mol. The third-order valence-corrected chi connectivity index (χ3v) is 6.39. The molecule has 2 aliphatic heterocycles. The van der Waals surface area contributed by atoms with Gasteiger partial charge in [0.15, 0.2) is 5.82 Å². The van der Waals surface area contributed by atoms with E-state index in [-0.39, 0.29) is 18.1 Å². The van der Waals surface area contributed by atoms with Crippen molar-refractivity contribution in [3.63, 3.8) is 0 Å². The van der Waals surface area contributed by atoms with E-state index in [0.717, 1.165) is 12.8 Å². The van der Waals surface area contributed by atoms with Gasteiger partial charge < -0.3 is 15.3 Å². The highest BCUT2D eigenvalue weighted by atomic mass is 32.2. The maximum absolute atomic E-state index is 15.1. The second kappa shape index (κ2) is 6.25. The van der Waals surface area contributed by atoms with Crippen molar-refractivity contribution in [2.24, 2.45) is 5.92 Å². The van der Waals surface area contributed by atoms with Crippen LogP contribution in [0.15, 0.2) is 6.07 Å². The van der Waals surface area contributed by atoms with Crippen LogP contribution in [0.1, 0.15) is 24.0 Å². The van der Waals surface area contributed by atoms with Crippen LogP contribution in [0.2, 0.25) is 0 Å². The van der Waals surface area contributed by atoms with E-state index in [4.69, 9.17) is 0 Å². The van der Waals surface area contributed by atoms with E-state index < -0.39 is 39.9 Å².